The number of nitrogens with zero attached hydrogens (tertiary/aromatic N) is 1. The van der Waals surface area contributed by atoms with Gasteiger partial charge in [-0.2, -0.15) is 0 Å². The summed E-state index contributed by atoms with van der Waals surface area (Å²) < 4.78 is 0. The third-order valence-corrected chi connectivity index (χ3v) is 5.37. The van der Waals surface area contributed by atoms with Crippen LogP contribution in [0.4, 0.5) is 0 Å². The fraction of sp³-hybridized carbons (Fsp3) is 0.579. The van der Waals surface area contributed by atoms with E-state index in [2.05, 4.69) is 67.4 Å². The van der Waals surface area contributed by atoms with Gasteiger partial charge < -0.3 is 10.6 Å². The quantitative estimate of drug-likeness (QED) is 0.846. The van der Waals surface area contributed by atoms with Crippen molar-refractivity contribution in [2.24, 2.45) is 0 Å². The lowest BCUT2D eigenvalue weighted by molar-refractivity contribution is 0.0593. The number of hydrogen-bond acceptors (Lipinski definition) is 3. The third-order valence-electron chi connectivity index (χ3n) is 5.37. The van der Waals surface area contributed by atoms with Gasteiger partial charge in [0.1, 0.15) is 0 Å². The Morgan fingerprint density at radius 3 is 2.41 bits per heavy atom. The van der Waals surface area contributed by atoms with Crippen LogP contribution in [0.2, 0.25) is 0 Å². The van der Waals surface area contributed by atoms with Crippen LogP contribution in [0.25, 0.3) is 0 Å². The van der Waals surface area contributed by atoms with Crippen LogP contribution in [0.15, 0.2) is 37.0 Å². The maximum Gasteiger partial charge on any atom is 0.0493 e. The van der Waals surface area contributed by atoms with Crippen molar-refractivity contribution in [2.45, 2.75) is 43.7 Å². The van der Waals surface area contributed by atoms with Crippen LogP contribution in [0, 0.1) is 6.92 Å². The number of benzene rings is 1. The molecule has 0 amide bonds. The molecule has 0 aromatic heterocycles. The lowest BCUT2D eigenvalue weighted by Crippen LogP contribution is -2.57. The second kappa shape index (κ2) is 6.84. The first-order valence-electron chi connectivity index (χ1n) is 8.26. The molecule has 1 aromatic carbocycles. The van der Waals surface area contributed by atoms with Crippen LogP contribution in [0.5, 0.6) is 0 Å². The molecule has 0 atom stereocenters. The van der Waals surface area contributed by atoms with E-state index >= 15 is 0 Å². The number of nitrogens with one attached hydrogen (secondary N) is 2. The van der Waals surface area contributed by atoms with Gasteiger partial charge >= 0.3 is 0 Å². The van der Waals surface area contributed by atoms with Crippen LogP contribution in [0.3, 0.4) is 0 Å². The average Bonchev–Trinajstić information content (AvgIpc) is 2.48. The zero-order valence-corrected chi connectivity index (χ0v) is 14.6. The molecule has 1 saturated carbocycles. The van der Waals surface area contributed by atoms with Crippen molar-refractivity contribution in [3.8, 4) is 0 Å². The first kappa shape index (κ1) is 17.0. The normalized spacial score (nSPS) is 28.6. The summed E-state index contributed by atoms with van der Waals surface area (Å²) in [5.41, 5.74) is 3.08. The Morgan fingerprint density at radius 1 is 1.23 bits per heavy atom. The maximum atomic E-state index is 3.87. The van der Waals surface area contributed by atoms with Gasteiger partial charge in [0, 0.05) is 17.6 Å². The summed E-state index contributed by atoms with van der Waals surface area (Å²) in [6, 6.07) is 9.01. The molecule has 22 heavy (non-hydrogen) atoms. The molecule has 1 fully saturated rings. The maximum absolute atomic E-state index is 3.87. The summed E-state index contributed by atoms with van der Waals surface area (Å²) in [5.74, 6) is 0. The largest absolute Gasteiger partial charge is 0.385 e. The van der Waals surface area contributed by atoms with Crippen LogP contribution in [-0.2, 0) is 5.54 Å². The van der Waals surface area contributed by atoms with E-state index in [9.17, 15) is 0 Å². The molecule has 1 aliphatic rings. The van der Waals surface area contributed by atoms with Crippen molar-refractivity contribution < 1.29 is 0 Å². The molecule has 0 unspecified atom stereocenters. The summed E-state index contributed by atoms with van der Waals surface area (Å²) in [4.78, 5) is 2.42. The molecule has 0 spiro atoms. The Kier molecular flexibility index (Phi) is 5.30. The fourth-order valence-electron chi connectivity index (χ4n) is 4.00. The van der Waals surface area contributed by atoms with Gasteiger partial charge in [-0.05, 0) is 65.5 Å². The first-order chi connectivity index (χ1) is 10.5. The average molecular weight is 301 g/mol. The van der Waals surface area contributed by atoms with Gasteiger partial charge in [0.15, 0.2) is 0 Å². The molecule has 122 valence electrons. The first-order valence-corrected chi connectivity index (χ1v) is 8.26. The molecule has 0 saturated heterocycles. The van der Waals surface area contributed by atoms with Crippen molar-refractivity contribution in [3.05, 3.63) is 48.2 Å². The summed E-state index contributed by atoms with van der Waals surface area (Å²) in [7, 11) is 6.46. The summed E-state index contributed by atoms with van der Waals surface area (Å²) in [5, 5.41) is 6.87. The highest BCUT2D eigenvalue weighted by Crippen LogP contribution is 2.44. The Hall–Kier alpha value is -1.32. The monoisotopic (exact) mass is 301 g/mol. The van der Waals surface area contributed by atoms with E-state index in [1.807, 2.05) is 13.2 Å². The minimum Gasteiger partial charge on any atom is -0.385 e. The van der Waals surface area contributed by atoms with E-state index < -0.39 is 0 Å². The zero-order chi connectivity index (χ0) is 16.2. The van der Waals surface area contributed by atoms with E-state index in [0.717, 1.165) is 32.2 Å². The molecular weight excluding hydrogens is 270 g/mol. The van der Waals surface area contributed by atoms with E-state index in [-0.39, 0.29) is 11.1 Å². The molecule has 1 aliphatic carbocycles. The van der Waals surface area contributed by atoms with Crippen LogP contribution < -0.4 is 10.6 Å². The van der Waals surface area contributed by atoms with Crippen molar-refractivity contribution in [1.29, 1.82) is 0 Å². The number of hydrogen-bond donors (Lipinski definition) is 2. The lowest BCUT2D eigenvalue weighted by atomic mass is 9.68. The molecule has 0 radical (unpaired) electrons. The van der Waals surface area contributed by atoms with Crippen molar-refractivity contribution >= 4 is 0 Å². The van der Waals surface area contributed by atoms with Gasteiger partial charge in [-0.15, -0.1) is 0 Å². The van der Waals surface area contributed by atoms with E-state index in [4.69, 9.17) is 0 Å². The van der Waals surface area contributed by atoms with Gasteiger partial charge in [-0.1, -0.05) is 36.4 Å². The SMILES string of the molecule is C=CNC1(CNC)CCC(c2cccc(C)c2)(N(C)C)CC1. The van der Waals surface area contributed by atoms with E-state index in [1.54, 1.807) is 0 Å². The molecular formula is C19H31N3. The number of rotatable bonds is 6. The second-order valence-electron chi connectivity index (χ2n) is 6.95. The predicted molar refractivity (Wildman–Crippen MR) is 95.0 cm³/mol. The van der Waals surface area contributed by atoms with Crippen LogP contribution in [0.1, 0.15) is 36.8 Å². The zero-order valence-electron chi connectivity index (χ0n) is 14.6. The molecule has 3 nitrogen and oxygen atoms in total. The minimum atomic E-state index is 0.139. The summed E-state index contributed by atoms with van der Waals surface area (Å²) >= 11 is 0. The highest BCUT2D eigenvalue weighted by molar-refractivity contribution is 5.30. The highest BCUT2D eigenvalue weighted by Gasteiger charge is 2.44. The molecule has 3 heteroatoms. The van der Waals surface area contributed by atoms with E-state index in [1.165, 1.54) is 11.1 Å². The standard InChI is InChI=1S/C19H31N3/c1-6-21-18(15-20-3)10-12-19(13-11-18,22(4)5)17-9-7-8-16(2)14-17/h6-9,14,20-21H,1,10-13,15H2,2-5H3. The second-order valence-corrected chi connectivity index (χ2v) is 6.95. The Bertz CT molecular complexity index is 499. The van der Waals surface area contributed by atoms with Crippen molar-refractivity contribution in [3.63, 3.8) is 0 Å². The summed E-state index contributed by atoms with van der Waals surface area (Å²) in [6.45, 7) is 7.04. The molecule has 0 bridgehead atoms. The van der Waals surface area contributed by atoms with Crippen LogP contribution >= 0.6 is 0 Å². The number of aryl methyl sites for hydroxylation is 1. The predicted octanol–water partition coefficient (Wildman–Crippen LogP) is 3.02. The van der Waals surface area contributed by atoms with Crippen molar-refractivity contribution in [2.75, 3.05) is 27.7 Å². The topological polar surface area (TPSA) is 27.3 Å². The Balaban J connectivity index is 2.28. The lowest BCUT2D eigenvalue weighted by Gasteiger charge is -2.50. The van der Waals surface area contributed by atoms with Crippen molar-refractivity contribution in [1.82, 2.24) is 15.5 Å². The Labute approximate surface area is 135 Å². The van der Waals surface area contributed by atoms with Gasteiger partial charge in [-0.25, -0.2) is 0 Å². The molecule has 0 heterocycles. The summed E-state index contributed by atoms with van der Waals surface area (Å²) in [6.07, 6.45) is 6.46. The smallest absolute Gasteiger partial charge is 0.0493 e. The fourth-order valence-corrected chi connectivity index (χ4v) is 4.00. The third kappa shape index (κ3) is 3.21. The molecule has 2 N–H and O–H groups in total. The van der Waals surface area contributed by atoms with Gasteiger partial charge in [-0.3, -0.25) is 4.90 Å². The molecule has 2 rings (SSSR count). The van der Waals surface area contributed by atoms with E-state index in [0.29, 0.717) is 0 Å². The van der Waals surface area contributed by atoms with Gasteiger partial charge in [0.25, 0.3) is 0 Å². The van der Waals surface area contributed by atoms with Gasteiger partial charge in [0.2, 0.25) is 0 Å². The highest BCUT2D eigenvalue weighted by atomic mass is 15.2. The molecule has 1 aromatic rings. The van der Waals surface area contributed by atoms with Crippen LogP contribution in [-0.4, -0.2) is 38.1 Å². The van der Waals surface area contributed by atoms with Gasteiger partial charge in [0.05, 0.1) is 0 Å². The number of likely N-dealkylation sites (N-methyl/N-ethyl adjacent to an activating group) is 1. The Morgan fingerprint density at radius 2 is 1.91 bits per heavy atom. The molecule has 0 aliphatic heterocycles. The minimum absolute atomic E-state index is 0.139.